The summed E-state index contributed by atoms with van der Waals surface area (Å²) in [6, 6.07) is 7.68. The van der Waals surface area contributed by atoms with Crippen LogP contribution in [-0.2, 0) is 16.0 Å². The maximum Gasteiger partial charge on any atom is 0.224 e. The summed E-state index contributed by atoms with van der Waals surface area (Å²) in [4.78, 5) is 11.9. The molecule has 1 amide bonds. The quantitative estimate of drug-likeness (QED) is 0.794. The Labute approximate surface area is 108 Å². The molecule has 0 aliphatic heterocycles. The van der Waals surface area contributed by atoms with Crippen molar-refractivity contribution in [1.29, 1.82) is 0 Å². The van der Waals surface area contributed by atoms with Gasteiger partial charge in [-0.05, 0) is 37.0 Å². The van der Waals surface area contributed by atoms with Crippen molar-refractivity contribution in [3.63, 3.8) is 0 Å². The molecule has 2 atom stereocenters. The van der Waals surface area contributed by atoms with Crippen molar-refractivity contribution in [3.8, 4) is 0 Å². The molecule has 2 rings (SSSR count). The zero-order chi connectivity index (χ0) is 13.0. The van der Waals surface area contributed by atoms with Crippen LogP contribution in [0.25, 0.3) is 0 Å². The number of nitrogens with two attached hydrogens (primary N) is 1. The van der Waals surface area contributed by atoms with E-state index in [0.717, 1.165) is 30.5 Å². The highest BCUT2D eigenvalue weighted by Crippen LogP contribution is 2.21. The molecule has 1 aromatic carbocycles. The predicted octanol–water partition coefficient (Wildman–Crippen LogP) is 1.49. The monoisotopic (exact) mass is 248 g/mol. The minimum absolute atomic E-state index is 0.0709. The van der Waals surface area contributed by atoms with Crippen molar-refractivity contribution in [2.75, 3.05) is 12.8 Å². The summed E-state index contributed by atoms with van der Waals surface area (Å²) >= 11 is 0. The Balaban J connectivity index is 1.80. The third-order valence-corrected chi connectivity index (χ3v) is 3.43. The van der Waals surface area contributed by atoms with Crippen LogP contribution in [0.5, 0.6) is 0 Å². The molecule has 4 heteroatoms. The second kappa shape index (κ2) is 5.87. The van der Waals surface area contributed by atoms with Crippen molar-refractivity contribution in [2.24, 2.45) is 0 Å². The van der Waals surface area contributed by atoms with E-state index in [9.17, 15) is 4.79 Å². The fourth-order valence-electron chi connectivity index (χ4n) is 2.38. The van der Waals surface area contributed by atoms with Crippen LogP contribution in [-0.4, -0.2) is 25.2 Å². The Morgan fingerprint density at radius 3 is 2.72 bits per heavy atom. The molecule has 0 radical (unpaired) electrons. The molecular formula is C14H20N2O2. The number of hydrogen-bond donors (Lipinski definition) is 2. The topological polar surface area (TPSA) is 64.3 Å². The first-order valence-electron chi connectivity index (χ1n) is 6.34. The molecule has 1 aliphatic carbocycles. The SMILES string of the molecule is COC1CCC(NC(=O)Cc2ccc(N)cc2)C1. The number of amides is 1. The molecule has 0 aromatic heterocycles. The summed E-state index contributed by atoms with van der Waals surface area (Å²) in [7, 11) is 1.73. The minimum atomic E-state index is 0.0709. The van der Waals surface area contributed by atoms with Gasteiger partial charge in [-0.2, -0.15) is 0 Å². The number of benzene rings is 1. The van der Waals surface area contributed by atoms with Crippen molar-refractivity contribution < 1.29 is 9.53 Å². The molecule has 18 heavy (non-hydrogen) atoms. The van der Waals surface area contributed by atoms with Gasteiger partial charge in [0.05, 0.1) is 12.5 Å². The highest BCUT2D eigenvalue weighted by atomic mass is 16.5. The van der Waals surface area contributed by atoms with Crippen molar-refractivity contribution in [2.45, 2.75) is 37.8 Å². The van der Waals surface area contributed by atoms with Gasteiger partial charge >= 0.3 is 0 Å². The van der Waals surface area contributed by atoms with E-state index in [-0.39, 0.29) is 11.9 Å². The van der Waals surface area contributed by atoms with Crippen LogP contribution in [0.2, 0.25) is 0 Å². The third kappa shape index (κ3) is 3.47. The summed E-state index contributed by atoms with van der Waals surface area (Å²) in [5.74, 6) is 0.0709. The van der Waals surface area contributed by atoms with E-state index in [4.69, 9.17) is 10.5 Å². The Kier molecular flexibility index (Phi) is 4.20. The second-order valence-electron chi connectivity index (χ2n) is 4.85. The average Bonchev–Trinajstić information content (AvgIpc) is 2.79. The number of nitrogens with one attached hydrogen (secondary N) is 1. The molecule has 0 saturated heterocycles. The Bertz CT molecular complexity index is 403. The molecule has 1 aliphatic rings. The first kappa shape index (κ1) is 12.9. The average molecular weight is 248 g/mol. The first-order chi connectivity index (χ1) is 8.67. The summed E-state index contributed by atoms with van der Waals surface area (Å²) in [6.45, 7) is 0. The minimum Gasteiger partial charge on any atom is -0.399 e. The van der Waals surface area contributed by atoms with Gasteiger partial charge in [0.2, 0.25) is 5.91 Å². The fourth-order valence-corrected chi connectivity index (χ4v) is 2.38. The molecule has 2 unspecified atom stereocenters. The zero-order valence-electron chi connectivity index (χ0n) is 10.7. The molecule has 4 nitrogen and oxygen atoms in total. The molecule has 98 valence electrons. The molecule has 0 spiro atoms. The van der Waals surface area contributed by atoms with Crippen LogP contribution in [0.1, 0.15) is 24.8 Å². The van der Waals surface area contributed by atoms with Crippen LogP contribution in [0.3, 0.4) is 0 Å². The van der Waals surface area contributed by atoms with Gasteiger partial charge in [-0.15, -0.1) is 0 Å². The lowest BCUT2D eigenvalue weighted by atomic mass is 10.1. The number of carbonyl (C=O) groups is 1. The lowest BCUT2D eigenvalue weighted by Gasteiger charge is -2.13. The van der Waals surface area contributed by atoms with Crippen molar-refractivity contribution in [3.05, 3.63) is 29.8 Å². The van der Waals surface area contributed by atoms with Gasteiger partial charge in [0.25, 0.3) is 0 Å². The Morgan fingerprint density at radius 2 is 2.11 bits per heavy atom. The second-order valence-corrected chi connectivity index (χ2v) is 4.85. The smallest absolute Gasteiger partial charge is 0.224 e. The van der Waals surface area contributed by atoms with Gasteiger partial charge in [0.1, 0.15) is 0 Å². The van der Waals surface area contributed by atoms with Crippen molar-refractivity contribution >= 4 is 11.6 Å². The van der Waals surface area contributed by atoms with Gasteiger partial charge in [0.15, 0.2) is 0 Å². The van der Waals surface area contributed by atoms with E-state index >= 15 is 0 Å². The van der Waals surface area contributed by atoms with E-state index in [1.54, 1.807) is 7.11 Å². The van der Waals surface area contributed by atoms with Crippen LogP contribution < -0.4 is 11.1 Å². The van der Waals surface area contributed by atoms with Gasteiger partial charge in [-0.25, -0.2) is 0 Å². The summed E-state index contributed by atoms with van der Waals surface area (Å²) in [5.41, 5.74) is 7.31. The van der Waals surface area contributed by atoms with E-state index in [1.807, 2.05) is 24.3 Å². The molecule has 1 aromatic rings. The van der Waals surface area contributed by atoms with Gasteiger partial charge in [-0.1, -0.05) is 12.1 Å². The number of hydrogen-bond acceptors (Lipinski definition) is 3. The van der Waals surface area contributed by atoms with Gasteiger partial charge in [-0.3, -0.25) is 4.79 Å². The number of methoxy groups -OCH3 is 1. The van der Waals surface area contributed by atoms with Crippen molar-refractivity contribution in [1.82, 2.24) is 5.32 Å². The van der Waals surface area contributed by atoms with E-state index in [1.165, 1.54) is 0 Å². The maximum absolute atomic E-state index is 11.9. The van der Waals surface area contributed by atoms with Gasteiger partial charge < -0.3 is 15.8 Å². The Morgan fingerprint density at radius 1 is 1.39 bits per heavy atom. The Hall–Kier alpha value is -1.55. The number of carbonyl (C=O) groups excluding carboxylic acids is 1. The van der Waals surface area contributed by atoms with Crippen LogP contribution in [0, 0.1) is 0 Å². The number of nitrogen functional groups attached to an aromatic ring is 1. The molecule has 1 saturated carbocycles. The largest absolute Gasteiger partial charge is 0.399 e. The van der Waals surface area contributed by atoms with E-state index in [0.29, 0.717) is 12.5 Å². The maximum atomic E-state index is 11.9. The van der Waals surface area contributed by atoms with E-state index < -0.39 is 0 Å². The van der Waals surface area contributed by atoms with Gasteiger partial charge in [0, 0.05) is 18.8 Å². The molecule has 3 N–H and O–H groups in total. The molecule has 0 bridgehead atoms. The molecule has 0 heterocycles. The third-order valence-electron chi connectivity index (χ3n) is 3.43. The first-order valence-corrected chi connectivity index (χ1v) is 6.34. The summed E-state index contributed by atoms with van der Waals surface area (Å²) in [5, 5.41) is 3.06. The number of rotatable bonds is 4. The number of ether oxygens (including phenoxy) is 1. The zero-order valence-corrected chi connectivity index (χ0v) is 10.7. The lowest BCUT2D eigenvalue weighted by molar-refractivity contribution is -0.121. The summed E-state index contributed by atoms with van der Waals surface area (Å²) < 4.78 is 5.29. The van der Waals surface area contributed by atoms with E-state index in [2.05, 4.69) is 5.32 Å². The number of anilines is 1. The standard InChI is InChI=1S/C14H20N2O2/c1-18-13-7-6-12(9-13)16-14(17)8-10-2-4-11(15)5-3-10/h2-5,12-13H,6-9,15H2,1H3,(H,16,17). The normalized spacial score (nSPS) is 22.9. The predicted molar refractivity (Wildman–Crippen MR) is 71.1 cm³/mol. The van der Waals surface area contributed by atoms with Crippen LogP contribution >= 0.6 is 0 Å². The highest BCUT2D eigenvalue weighted by Gasteiger charge is 2.25. The van der Waals surface area contributed by atoms with Crippen LogP contribution in [0.4, 0.5) is 5.69 Å². The summed E-state index contributed by atoms with van der Waals surface area (Å²) in [6.07, 6.45) is 3.67. The van der Waals surface area contributed by atoms with Crippen LogP contribution in [0.15, 0.2) is 24.3 Å². The lowest BCUT2D eigenvalue weighted by Crippen LogP contribution is -2.34. The molecular weight excluding hydrogens is 228 g/mol. The highest BCUT2D eigenvalue weighted by molar-refractivity contribution is 5.79. The molecule has 1 fully saturated rings. The fraction of sp³-hybridized carbons (Fsp3) is 0.500.